The highest BCUT2D eigenvalue weighted by Gasteiger charge is 2.54. The number of hydrogen-bond acceptors (Lipinski definition) is 10. The zero-order valence-electron chi connectivity index (χ0n) is 22.7. The molecule has 3 aromatic rings. The smallest absolute Gasteiger partial charge is 0.352 e. The molecule has 1 fully saturated rings. The van der Waals surface area contributed by atoms with Gasteiger partial charge in [0.15, 0.2) is 12.4 Å². The van der Waals surface area contributed by atoms with Crippen molar-refractivity contribution in [1.82, 2.24) is 30.8 Å². The van der Waals surface area contributed by atoms with Gasteiger partial charge in [-0.2, -0.15) is 0 Å². The summed E-state index contributed by atoms with van der Waals surface area (Å²) in [6, 6.07) is 7.99. The fourth-order valence-corrected chi connectivity index (χ4v) is 8.10. The van der Waals surface area contributed by atoms with Crippen LogP contribution in [0.5, 0.6) is 0 Å². The number of aromatic amines is 1. The van der Waals surface area contributed by atoms with Crippen molar-refractivity contribution < 1.29 is 28.9 Å². The predicted molar refractivity (Wildman–Crippen MR) is 166 cm³/mol. The number of rotatable bonds is 13. The van der Waals surface area contributed by atoms with Crippen molar-refractivity contribution >= 4 is 88.1 Å². The molecule has 0 radical (unpaired) electrons. The lowest BCUT2D eigenvalue weighted by atomic mass is 10.0. The third-order valence-corrected chi connectivity index (χ3v) is 10.7. The van der Waals surface area contributed by atoms with Crippen molar-refractivity contribution in [2.45, 2.75) is 40.6 Å². The number of halogens is 2. The Balaban J connectivity index is 1.11. The van der Waals surface area contributed by atoms with Crippen LogP contribution in [0.3, 0.4) is 0 Å². The van der Waals surface area contributed by atoms with E-state index in [9.17, 15) is 24.3 Å². The molecule has 5 rings (SSSR count). The number of aryl methyl sites for hydroxylation is 1. The van der Waals surface area contributed by atoms with Gasteiger partial charge in [-0.05, 0) is 34.2 Å². The van der Waals surface area contributed by atoms with Gasteiger partial charge in [-0.1, -0.05) is 28.3 Å². The highest BCUT2D eigenvalue weighted by Crippen LogP contribution is 2.41. The highest BCUT2D eigenvalue weighted by atomic mass is 35.5. The summed E-state index contributed by atoms with van der Waals surface area (Å²) in [4.78, 5) is 52.6. The number of pyridine rings is 1. The van der Waals surface area contributed by atoms with Gasteiger partial charge in [-0.15, -0.1) is 35.3 Å². The van der Waals surface area contributed by atoms with Crippen molar-refractivity contribution in [1.29, 1.82) is 0 Å². The fraction of sp³-hybridized carbons (Fsp3) is 0.308. The van der Waals surface area contributed by atoms with E-state index in [1.165, 1.54) is 40.2 Å². The fourth-order valence-electron chi connectivity index (χ4n) is 4.43. The largest absolute Gasteiger partial charge is 0.477 e. The molecular formula is C26H25Cl2N8O5S3+. The zero-order valence-corrected chi connectivity index (χ0v) is 26.7. The van der Waals surface area contributed by atoms with Crippen molar-refractivity contribution in [3.63, 3.8) is 0 Å². The number of carboxylic acid groups (broad SMARTS) is 1. The summed E-state index contributed by atoms with van der Waals surface area (Å²) in [5.41, 5.74) is 0.611. The molecule has 0 bridgehead atoms. The summed E-state index contributed by atoms with van der Waals surface area (Å²) in [7, 11) is 0. The molecule has 0 saturated carbocycles. The second-order valence-electron chi connectivity index (χ2n) is 9.54. The van der Waals surface area contributed by atoms with Crippen molar-refractivity contribution in [2.24, 2.45) is 0 Å². The number of anilines is 1. The number of carboxylic acids is 1. The second kappa shape index (κ2) is 14.6. The van der Waals surface area contributed by atoms with Gasteiger partial charge < -0.3 is 10.4 Å². The van der Waals surface area contributed by atoms with E-state index in [1.807, 2.05) is 29.1 Å². The van der Waals surface area contributed by atoms with Crippen LogP contribution in [-0.2, 0) is 25.7 Å². The molecule has 4 N–H and O–H groups in total. The standard InChI is InChI=1S/C26H24Cl2N8O5S3/c27-15-3-4-17(28)18(10-15)43-13-20(38)29-21-23(39)36-22(25(40)41)14(12-44-24(21)36)11-42-16-5-8-35(9-6-16)7-1-2-19(37)30-26-31-33-34-32-26/h3-6,8-10,21,24H,1-2,7,11-13H2,(H3-,29,30,31,32,33,34,37,38,40,41)/p+1/t21-,24+/m0/s1. The average Bonchev–Trinajstić information content (AvgIpc) is 3.52. The van der Waals surface area contributed by atoms with Crippen molar-refractivity contribution in [2.75, 3.05) is 22.6 Å². The first-order chi connectivity index (χ1) is 21.2. The van der Waals surface area contributed by atoms with E-state index in [4.69, 9.17) is 23.2 Å². The van der Waals surface area contributed by atoms with Crippen LogP contribution in [0.25, 0.3) is 0 Å². The molecule has 2 aromatic heterocycles. The molecule has 4 heterocycles. The van der Waals surface area contributed by atoms with Crippen LogP contribution in [0.4, 0.5) is 5.95 Å². The van der Waals surface area contributed by atoms with Gasteiger partial charge in [0.1, 0.15) is 23.7 Å². The van der Waals surface area contributed by atoms with E-state index < -0.39 is 23.3 Å². The molecule has 13 nitrogen and oxygen atoms in total. The second-order valence-corrected chi connectivity index (χ2v) is 13.6. The summed E-state index contributed by atoms with van der Waals surface area (Å²) in [6.07, 6.45) is 4.69. The van der Waals surface area contributed by atoms with E-state index in [2.05, 4.69) is 31.3 Å². The normalized spacial score (nSPS) is 17.6. The van der Waals surface area contributed by atoms with Crippen LogP contribution >= 0.6 is 58.5 Å². The molecule has 2 aliphatic heterocycles. The van der Waals surface area contributed by atoms with E-state index in [-0.39, 0.29) is 29.2 Å². The lowest BCUT2D eigenvalue weighted by Crippen LogP contribution is -2.70. The number of aliphatic carboxylic acids is 1. The van der Waals surface area contributed by atoms with Crippen LogP contribution in [0, 0.1) is 0 Å². The van der Waals surface area contributed by atoms with Gasteiger partial charge in [0.05, 0.1) is 10.8 Å². The van der Waals surface area contributed by atoms with Crippen LogP contribution in [0.1, 0.15) is 12.8 Å². The Hall–Kier alpha value is -3.31. The number of carbonyl (C=O) groups excluding carboxylic acids is 3. The van der Waals surface area contributed by atoms with Gasteiger partial charge in [0, 0.05) is 51.3 Å². The van der Waals surface area contributed by atoms with E-state index in [1.54, 1.807) is 18.2 Å². The third-order valence-electron chi connectivity index (χ3n) is 6.52. The summed E-state index contributed by atoms with van der Waals surface area (Å²) >= 11 is 16.3. The highest BCUT2D eigenvalue weighted by molar-refractivity contribution is 8.01. The maximum atomic E-state index is 13.0. The van der Waals surface area contributed by atoms with Gasteiger partial charge in [0.2, 0.25) is 17.8 Å². The number of carbonyl (C=O) groups is 4. The summed E-state index contributed by atoms with van der Waals surface area (Å²) in [5, 5.41) is 28.6. The van der Waals surface area contributed by atoms with Gasteiger partial charge in [-0.3, -0.25) is 24.6 Å². The number of tetrazole rings is 1. The number of β-lactam (4-membered cyclic amide) rings is 1. The molecule has 1 saturated heterocycles. The molecule has 0 spiro atoms. The number of H-pyrrole nitrogens is 1. The maximum absolute atomic E-state index is 13.0. The topological polar surface area (TPSA) is 174 Å². The summed E-state index contributed by atoms with van der Waals surface area (Å²) < 4.78 is 1.95. The Morgan fingerprint density at radius 2 is 1.95 bits per heavy atom. The van der Waals surface area contributed by atoms with Gasteiger partial charge in [-0.25, -0.2) is 14.5 Å². The van der Waals surface area contributed by atoms with Gasteiger partial charge >= 0.3 is 5.97 Å². The number of nitrogens with one attached hydrogen (secondary N) is 3. The minimum atomic E-state index is -1.18. The Labute approximate surface area is 273 Å². The summed E-state index contributed by atoms with van der Waals surface area (Å²) in [6.45, 7) is 0.626. The Bertz CT molecular complexity index is 1590. The number of hydrogen-bond donors (Lipinski definition) is 4. The molecule has 0 unspecified atom stereocenters. The zero-order chi connectivity index (χ0) is 31.2. The molecule has 3 amide bonds. The van der Waals surface area contributed by atoms with Crippen molar-refractivity contribution in [3.05, 3.63) is 64.0 Å². The van der Waals surface area contributed by atoms with Crippen LogP contribution < -0.4 is 15.2 Å². The Kier molecular flexibility index (Phi) is 10.7. The van der Waals surface area contributed by atoms with Crippen LogP contribution in [-0.4, -0.2) is 83.0 Å². The summed E-state index contributed by atoms with van der Waals surface area (Å²) in [5.74, 6) is -1.15. The predicted octanol–water partition coefficient (Wildman–Crippen LogP) is 2.84. The Morgan fingerprint density at radius 3 is 2.68 bits per heavy atom. The lowest BCUT2D eigenvalue weighted by molar-refractivity contribution is -0.697. The maximum Gasteiger partial charge on any atom is 0.352 e. The molecule has 44 heavy (non-hydrogen) atoms. The molecule has 0 aliphatic carbocycles. The molecule has 18 heteroatoms. The quantitative estimate of drug-likeness (QED) is 0.118. The van der Waals surface area contributed by atoms with E-state index in [0.717, 1.165) is 4.90 Å². The van der Waals surface area contributed by atoms with E-state index in [0.29, 0.717) is 51.4 Å². The Morgan fingerprint density at radius 1 is 1.16 bits per heavy atom. The lowest BCUT2D eigenvalue weighted by Gasteiger charge is -2.49. The van der Waals surface area contributed by atoms with Crippen molar-refractivity contribution in [3.8, 4) is 0 Å². The monoisotopic (exact) mass is 695 g/mol. The number of amides is 3. The third kappa shape index (κ3) is 7.85. The van der Waals surface area contributed by atoms with Crippen LogP contribution in [0.15, 0.2) is 63.8 Å². The molecule has 2 aliphatic rings. The first-order valence-corrected chi connectivity index (χ1v) is 16.9. The number of benzene rings is 1. The van der Waals surface area contributed by atoms with E-state index >= 15 is 0 Å². The number of aromatic nitrogens is 5. The molecule has 1 aromatic carbocycles. The molecular weight excluding hydrogens is 671 g/mol. The minimum absolute atomic E-state index is 0.0257. The van der Waals surface area contributed by atoms with Crippen LogP contribution in [0.2, 0.25) is 10.0 Å². The molecule has 230 valence electrons. The number of fused-ring (bicyclic) bond motifs is 1. The van der Waals surface area contributed by atoms with Gasteiger partial charge in [0.25, 0.3) is 5.91 Å². The SMILES string of the molecule is O=C(CCC[n+]1ccc(SCC2=C(C(=O)O)N3C(=O)[C@H](NC(=O)CSc4cc(Cl)ccc4Cl)[C@H]3SC2)cc1)Nc1nnn[nH]1. The first kappa shape index (κ1) is 32.1. The minimum Gasteiger partial charge on any atom is -0.477 e. The average molecular weight is 697 g/mol. The number of thioether (sulfide) groups is 3. The first-order valence-electron chi connectivity index (χ1n) is 13.1. The molecule has 2 atom stereocenters. The number of nitrogens with zero attached hydrogens (tertiary/aromatic N) is 5.